The maximum Gasteiger partial charge on any atom is 0.323 e. The van der Waals surface area contributed by atoms with Gasteiger partial charge in [0.2, 0.25) is 0 Å². The highest BCUT2D eigenvalue weighted by molar-refractivity contribution is 5.78. The van der Waals surface area contributed by atoms with Crippen LogP contribution in [0.2, 0.25) is 0 Å². The van der Waals surface area contributed by atoms with Crippen LogP contribution in [0.25, 0.3) is 0 Å². The molecule has 0 saturated carbocycles. The van der Waals surface area contributed by atoms with Crippen LogP contribution >= 0.6 is 0 Å². The first-order valence-corrected chi connectivity index (χ1v) is 4.18. The molecule has 0 aromatic rings. The average molecular weight is 172 g/mol. The van der Waals surface area contributed by atoms with Crippen molar-refractivity contribution in [2.75, 3.05) is 13.6 Å². The number of piperidine rings is 1. The number of likely N-dealkylation sites (tertiary alicyclic amines) is 1. The quantitative estimate of drug-likeness (QED) is 0.579. The first-order valence-electron chi connectivity index (χ1n) is 4.18. The van der Waals surface area contributed by atoms with Crippen LogP contribution in [0, 0.1) is 0 Å². The lowest BCUT2D eigenvalue weighted by atomic mass is 9.85. The summed E-state index contributed by atoms with van der Waals surface area (Å²) in [4.78, 5) is 12.9. The molecule has 1 aliphatic heterocycles. The monoisotopic (exact) mass is 172 g/mol. The van der Waals surface area contributed by atoms with Crippen molar-refractivity contribution in [2.24, 2.45) is 5.73 Å². The van der Waals surface area contributed by atoms with Crippen LogP contribution < -0.4 is 5.73 Å². The van der Waals surface area contributed by atoms with Gasteiger partial charge in [-0.05, 0) is 26.8 Å². The molecule has 1 fully saturated rings. The van der Waals surface area contributed by atoms with Gasteiger partial charge in [-0.15, -0.1) is 0 Å². The topological polar surface area (TPSA) is 66.6 Å². The Balaban J connectivity index is 2.66. The van der Waals surface area contributed by atoms with Gasteiger partial charge in [-0.2, -0.15) is 0 Å². The Bertz CT molecular complexity index is 195. The van der Waals surface area contributed by atoms with Gasteiger partial charge >= 0.3 is 5.97 Å². The molecule has 70 valence electrons. The standard InChI is InChI=1S/C8H16N2O2/c1-6-5-8(9,7(11)12)3-4-10(6)2/h6H,3-5,9H2,1-2H3,(H,11,12). The van der Waals surface area contributed by atoms with E-state index in [1.807, 2.05) is 14.0 Å². The minimum atomic E-state index is -0.994. The lowest BCUT2D eigenvalue weighted by molar-refractivity contribution is -0.145. The summed E-state index contributed by atoms with van der Waals surface area (Å²) in [5.41, 5.74) is 4.73. The fraction of sp³-hybridized carbons (Fsp3) is 0.875. The Morgan fingerprint density at radius 1 is 1.75 bits per heavy atom. The van der Waals surface area contributed by atoms with Crippen LogP contribution in [0.3, 0.4) is 0 Å². The van der Waals surface area contributed by atoms with E-state index in [1.165, 1.54) is 0 Å². The fourth-order valence-electron chi connectivity index (χ4n) is 1.58. The predicted molar refractivity (Wildman–Crippen MR) is 45.9 cm³/mol. The van der Waals surface area contributed by atoms with Gasteiger partial charge in [-0.1, -0.05) is 0 Å². The maximum absolute atomic E-state index is 10.8. The molecule has 2 unspecified atom stereocenters. The molecule has 3 N–H and O–H groups in total. The third-order valence-corrected chi connectivity index (χ3v) is 2.75. The molecule has 0 amide bonds. The second-order valence-corrected chi connectivity index (χ2v) is 3.75. The van der Waals surface area contributed by atoms with E-state index in [-0.39, 0.29) is 6.04 Å². The van der Waals surface area contributed by atoms with Crippen LogP contribution in [-0.2, 0) is 4.79 Å². The molecule has 2 atom stereocenters. The lowest BCUT2D eigenvalue weighted by Crippen LogP contribution is -2.57. The summed E-state index contributed by atoms with van der Waals surface area (Å²) in [5.74, 6) is -0.873. The van der Waals surface area contributed by atoms with Gasteiger partial charge in [0.1, 0.15) is 5.54 Å². The molecule has 1 saturated heterocycles. The van der Waals surface area contributed by atoms with E-state index in [4.69, 9.17) is 10.8 Å². The summed E-state index contributed by atoms with van der Waals surface area (Å²) in [6, 6.07) is 0.264. The molecule has 0 radical (unpaired) electrons. The van der Waals surface area contributed by atoms with Gasteiger partial charge in [0.25, 0.3) is 0 Å². The highest BCUT2D eigenvalue weighted by Crippen LogP contribution is 2.23. The van der Waals surface area contributed by atoms with Gasteiger partial charge in [0.05, 0.1) is 0 Å². The van der Waals surface area contributed by atoms with Crippen LogP contribution in [0.15, 0.2) is 0 Å². The molecule has 0 bridgehead atoms. The minimum Gasteiger partial charge on any atom is -0.480 e. The molecular formula is C8H16N2O2. The third-order valence-electron chi connectivity index (χ3n) is 2.75. The number of rotatable bonds is 1. The summed E-state index contributed by atoms with van der Waals surface area (Å²) >= 11 is 0. The van der Waals surface area contributed by atoms with Crippen LogP contribution in [0.4, 0.5) is 0 Å². The minimum absolute atomic E-state index is 0.264. The van der Waals surface area contributed by atoms with E-state index < -0.39 is 11.5 Å². The molecule has 0 spiro atoms. The van der Waals surface area contributed by atoms with Crippen molar-refractivity contribution >= 4 is 5.97 Å². The molecule has 1 rings (SSSR count). The zero-order chi connectivity index (χ0) is 9.35. The lowest BCUT2D eigenvalue weighted by Gasteiger charge is -2.39. The molecule has 0 aromatic carbocycles. The smallest absolute Gasteiger partial charge is 0.323 e. The summed E-state index contributed by atoms with van der Waals surface area (Å²) in [7, 11) is 1.99. The Hall–Kier alpha value is -0.610. The van der Waals surface area contributed by atoms with Crippen molar-refractivity contribution in [3.63, 3.8) is 0 Å². The van der Waals surface area contributed by atoms with Crippen LogP contribution in [-0.4, -0.2) is 41.1 Å². The van der Waals surface area contributed by atoms with E-state index in [2.05, 4.69) is 4.90 Å². The Morgan fingerprint density at radius 2 is 2.33 bits per heavy atom. The molecule has 12 heavy (non-hydrogen) atoms. The van der Waals surface area contributed by atoms with Crippen molar-refractivity contribution in [3.8, 4) is 0 Å². The number of carbonyl (C=O) groups is 1. The summed E-state index contributed by atoms with van der Waals surface area (Å²) < 4.78 is 0. The molecule has 1 heterocycles. The van der Waals surface area contributed by atoms with E-state index in [1.54, 1.807) is 0 Å². The molecule has 4 nitrogen and oxygen atoms in total. The van der Waals surface area contributed by atoms with Crippen LogP contribution in [0.1, 0.15) is 19.8 Å². The van der Waals surface area contributed by atoms with Crippen molar-refractivity contribution in [2.45, 2.75) is 31.3 Å². The number of hydrogen-bond acceptors (Lipinski definition) is 3. The van der Waals surface area contributed by atoms with E-state index in [0.29, 0.717) is 12.8 Å². The van der Waals surface area contributed by atoms with Crippen molar-refractivity contribution in [3.05, 3.63) is 0 Å². The third kappa shape index (κ3) is 1.59. The van der Waals surface area contributed by atoms with E-state index in [9.17, 15) is 4.79 Å². The molecule has 4 heteroatoms. The van der Waals surface area contributed by atoms with Gasteiger partial charge in [-0.25, -0.2) is 0 Å². The Kier molecular flexibility index (Phi) is 2.39. The predicted octanol–water partition coefficient (Wildman–Crippen LogP) is -0.117. The summed E-state index contributed by atoms with van der Waals surface area (Å²) in [6.07, 6.45) is 1.09. The number of carboxylic acids is 1. The highest BCUT2D eigenvalue weighted by atomic mass is 16.4. The summed E-state index contributed by atoms with van der Waals surface area (Å²) in [6.45, 7) is 2.77. The number of hydrogen-bond donors (Lipinski definition) is 2. The van der Waals surface area contributed by atoms with E-state index >= 15 is 0 Å². The van der Waals surface area contributed by atoms with E-state index in [0.717, 1.165) is 6.54 Å². The van der Waals surface area contributed by atoms with Gasteiger partial charge in [0, 0.05) is 12.6 Å². The Labute approximate surface area is 72.3 Å². The number of aliphatic carboxylic acids is 1. The molecule has 0 aliphatic carbocycles. The summed E-state index contributed by atoms with van der Waals surface area (Å²) in [5, 5.41) is 8.86. The molecule has 0 aromatic heterocycles. The van der Waals surface area contributed by atoms with Crippen LogP contribution in [0.5, 0.6) is 0 Å². The SMILES string of the molecule is CC1CC(N)(C(=O)O)CCN1C. The largest absolute Gasteiger partial charge is 0.480 e. The second-order valence-electron chi connectivity index (χ2n) is 3.75. The number of carboxylic acid groups (broad SMARTS) is 1. The zero-order valence-corrected chi connectivity index (χ0v) is 7.58. The second kappa shape index (κ2) is 3.03. The Morgan fingerprint density at radius 3 is 2.75 bits per heavy atom. The normalized spacial score (nSPS) is 38.1. The van der Waals surface area contributed by atoms with Gasteiger partial charge in [0.15, 0.2) is 0 Å². The molecular weight excluding hydrogens is 156 g/mol. The highest BCUT2D eigenvalue weighted by Gasteiger charge is 2.39. The number of nitrogens with zero attached hydrogens (tertiary/aromatic N) is 1. The fourth-order valence-corrected chi connectivity index (χ4v) is 1.58. The molecule has 1 aliphatic rings. The first-order chi connectivity index (χ1) is 5.46. The number of nitrogens with two attached hydrogens (primary N) is 1. The first kappa shape index (κ1) is 9.48. The van der Waals surface area contributed by atoms with Crippen molar-refractivity contribution < 1.29 is 9.90 Å². The van der Waals surface area contributed by atoms with Crippen molar-refractivity contribution in [1.82, 2.24) is 4.90 Å². The maximum atomic E-state index is 10.8. The van der Waals surface area contributed by atoms with Crippen molar-refractivity contribution in [1.29, 1.82) is 0 Å². The zero-order valence-electron chi connectivity index (χ0n) is 7.58. The van der Waals surface area contributed by atoms with Gasteiger partial charge < -0.3 is 15.7 Å². The van der Waals surface area contributed by atoms with Gasteiger partial charge in [-0.3, -0.25) is 4.79 Å². The average Bonchev–Trinajstić information content (AvgIpc) is 1.97.